The van der Waals surface area contributed by atoms with Gasteiger partial charge in [-0.2, -0.15) is 11.8 Å². The van der Waals surface area contributed by atoms with Crippen molar-refractivity contribution in [1.29, 1.82) is 0 Å². The zero-order valence-electron chi connectivity index (χ0n) is 14.8. The van der Waals surface area contributed by atoms with Crippen LogP contribution in [0.4, 0.5) is 0 Å². The molecule has 3 rings (SSSR count). The van der Waals surface area contributed by atoms with E-state index in [0.717, 1.165) is 5.75 Å². The zero-order chi connectivity index (χ0) is 19.8. The summed E-state index contributed by atoms with van der Waals surface area (Å²) in [6.45, 7) is 0. The maximum Gasteiger partial charge on any atom is 0.320 e. The summed E-state index contributed by atoms with van der Waals surface area (Å²) in [4.78, 5) is 22.0. The molecule has 142 valence electrons. The molecule has 0 bridgehead atoms. The molecule has 2 aromatic carbocycles. The number of carboxylic acid groups (broad SMARTS) is 1. The lowest BCUT2D eigenvalue weighted by atomic mass is 10.1. The molecule has 0 amide bonds. The van der Waals surface area contributed by atoms with Crippen LogP contribution in [0.1, 0.15) is 6.42 Å². The van der Waals surface area contributed by atoms with Crippen LogP contribution in [0.5, 0.6) is 5.75 Å². The van der Waals surface area contributed by atoms with Crippen molar-refractivity contribution >= 4 is 28.7 Å². The van der Waals surface area contributed by atoms with Crippen molar-refractivity contribution in [2.45, 2.75) is 12.5 Å². The van der Waals surface area contributed by atoms with Crippen LogP contribution in [-0.4, -0.2) is 34.2 Å². The first-order valence-corrected chi connectivity index (χ1v) is 9.61. The Bertz CT molecular complexity index is 970. The number of fused-ring (bicyclic) bond motifs is 1. The van der Waals surface area contributed by atoms with E-state index in [1.54, 1.807) is 54.2 Å². The van der Waals surface area contributed by atoms with Gasteiger partial charge in [-0.25, -0.2) is 0 Å². The molecule has 4 N–H and O–H groups in total. The van der Waals surface area contributed by atoms with E-state index in [2.05, 4.69) is 0 Å². The second-order valence-corrected chi connectivity index (χ2v) is 6.73. The Morgan fingerprint density at radius 3 is 2.59 bits per heavy atom. The van der Waals surface area contributed by atoms with Gasteiger partial charge < -0.3 is 20.4 Å². The van der Waals surface area contributed by atoms with E-state index in [0.29, 0.717) is 28.7 Å². The van der Waals surface area contributed by atoms with Gasteiger partial charge in [0, 0.05) is 11.6 Å². The normalized spacial score (nSPS) is 11.5. The number of para-hydroxylation sites is 1. The van der Waals surface area contributed by atoms with Crippen molar-refractivity contribution in [3.8, 4) is 17.1 Å². The van der Waals surface area contributed by atoms with Crippen molar-refractivity contribution in [3.05, 3.63) is 64.8 Å². The number of phenols is 1. The highest BCUT2D eigenvalue weighted by molar-refractivity contribution is 7.98. The first-order valence-electron chi connectivity index (χ1n) is 8.22. The Balaban J connectivity index is 0.000000249. The average Bonchev–Trinajstić information content (AvgIpc) is 2.66. The summed E-state index contributed by atoms with van der Waals surface area (Å²) in [6.07, 6.45) is 2.48. The van der Waals surface area contributed by atoms with Crippen LogP contribution >= 0.6 is 11.8 Å². The lowest BCUT2D eigenvalue weighted by molar-refractivity contribution is -0.138. The molecule has 0 aliphatic heterocycles. The topological polar surface area (TPSA) is 114 Å². The summed E-state index contributed by atoms with van der Waals surface area (Å²) in [6, 6.07) is 14.5. The quantitative estimate of drug-likeness (QED) is 0.615. The highest BCUT2D eigenvalue weighted by atomic mass is 32.2. The molecule has 1 heterocycles. The molecule has 0 saturated carbocycles. The summed E-state index contributed by atoms with van der Waals surface area (Å²) >= 11 is 1.60. The SMILES string of the molecule is CSCC[C@H](N)C(=O)O.O=c1cc(-c2cccc(O)c2)oc2ccccc12. The summed E-state index contributed by atoms with van der Waals surface area (Å²) in [5.74, 6) is 0.495. The Labute approximate surface area is 160 Å². The molecule has 0 radical (unpaired) electrons. The number of benzene rings is 2. The Morgan fingerprint density at radius 2 is 1.93 bits per heavy atom. The van der Waals surface area contributed by atoms with Crippen LogP contribution in [0.2, 0.25) is 0 Å². The minimum atomic E-state index is -0.913. The van der Waals surface area contributed by atoms with Crippen molar-refractivity contribution in [2.75, 3.05) is 12.0 Å². The average molecular weight is 387 g/mol. The number of hydrogen-bond acceptors (Lipinski definition) is 6. The molecule has 27 heavy (non-hydrogen) atoms. The molecule has 0 aliphatic rings. The molecule has 0 spiro atoms. The van der Waals surface area contributed by atoms with E-state index in [1.807, 2.05) is 12.3 Å². The maximum atomic E-state index is 11.9. The van der Waals surface area contributed by atoms with Crippen LogP contribution in [-0.2, 0) is 4.79 Å². The first-order chi connectivity index (χ1) is 12.9. The number of thioether (sulfide) groups is 1. The molecule has 6 nitrogen and oxygen atoms in total. The van der Waals surface area contributed by atoms with Crippen LogP contribution in [0.3, 0.4) is 0 Å². The van der Waals surface area contributed by atoms with Gasteiger partial charge in [-0.3, -0.25) is 9.59 Å². The Hall–Kier alpha value is -2.77. The zero-order valence-corrected chi connectivity index (χ0v) is 15.6. The smallest absolute Gasteiger partial charge is 0.320 e. The van der Waals surface area contributed by atoms with E-state index in [9.17, 15) is 14.7 Å². The molecule has 0 aliphatic carbocycles. The van der Waals surface area contributed by atoms with E-state index in [4.69, 9.17) is 15.3 Å². The van der Waals surface area contributed by atoms with Gasteiger partial charge in [-0.15, -0.1) is 0 Å². The number of carboxylic acids is 1. The number of aliphatic carboxylic acids is 1. The van der Waals surface area contributed by atoms with Crippen LogP contribution in [0, 0.1) is 0 Å². The molecule has 3 aromatic rings. The highest BCUT2D eigenvalue weighted by Crippen LogP contribution is 2.24. The third-order valence-electron chi connectivity index (χ3n) is 3.72. The third-order valence-corrected chi connectivity index (χ3v) is 4.36. The van der Waals surface area contributed by atoms with E-state index in [-0.39, 0.29) is 11.2 Å². The summed E-state index contributed by atoms with van der Waals surface area (Å²) in [5.41, 5.74) is 6.33. The van der Waals surface area contributed by atoms with Gasteiger partial charge in [-0.1, -0.05) is 24.3 Å². The minimum absolute atomic E-state index is 0.0878. The number of hydrogen-bond donors (Lipinski definition) is 3. The predicted octanol–water partition coefficient (Wildman–Crippen LogP) is 3.32. The predicted molar refractivity (Wildman–Crippen MR) is 108 cm³/mol. The maximum absolute atomic E-state index is 11.9. The van der Waals surface area contributed by atoms with Gasteiger partial charge in [0.25, 0.3) is 0 Å². The molecule has 0 unspecified atom stereocenters. The molecule has 0 fully saturated rings. The van der Waals surface area contributed by atoms with Crippen LogP contribution in [0.15, 0.2) is 63.8 Å². The Morgan fingerprint density at radius 1 is 1.19 bits per heavy atom. The van der Waals surface area contributed by atoms with Gasteiger partial charge in [0.2, 0.25) is 0 Å². The van der Waals surface area contributed by atoms with Gasteiger partial charge in [0.1, 0.15) is 23.1 Å². The van der Waals surface area contributed by atoms with E-state index >= 15 is 0 Å². The first kappa shape index (κ1) is 20.5. The molecule has 0 saturated heterocycles. The van der Waals surface area contributed by atoms with Gasteiger partial charge in [0.05, 0.1) is 5.39 Å². The molecule has 7 heteroatoms. The van der Waals surface area contributed by atoms with Crippen molar-refractivity contribution in [3.63, 3.8) is 0 Å². The van der Waals surface area contributed by atoms with Crippen LogP contribution in [0.25, 0.3) is 22.3 Å². The lowest BCUT2D eigenvalue weighted by Crippen LogP contribution is -2.30. The lowest BCUT2D eigenvalue weighted by Gasteiger charge is -2.03. The fraction of sp³-hybridized carbons (Fsp3) is 0.200. The number of rotatable bonds is 5. The van der Waals surface area contributed by atoms with Gasteiger partial charge in [-0.05, 0) is 42.7 Å². The molecule has 1 aromatic heterocycles. The van der Waals surface area contributed by atoms with Crippen molar-refractivity contribution in [2.24, 2.45) is 5.73 Å². The fourth-order valence-corrected chi connectivity index (χ4v) is 2.76. The van der Waals surface area contributed by atoms with Crippen molar-refractivity contribution in [1.82, 2.24) is 0 Å². The van der Waals surface area contributed by atoms with Crippen molar-refractivity contribution < 1.29 is 19.4 Å². The third kappa shape index (κ3) is 5.87. The molecular formula is C20H21NO5S. The van der Waals surface area contributed by atoms with Gasteiger partial charge >= 0.3 is 5.97 Å². The Kier molecular flexibility index (Phi) is 7.45. The summed E-state index contributed by atoms with van der Waals surface area (Å²) in [7, 11) is 0. The summed E-state index contributed by atoms with van der Waals surface area (Å²) < 4.78 is 5.67. The van der Waals surface area contributed by atoms with Gasteiger partial charge in [0.15, 0.2) is 5.43 Å². The molecular weight excluding hydrogens is 366 g/mol. The summed E-state index contributed by atoms with van der Waals surface area (Å²) in [5, 5.41) is 18.3. The largest absolute Gasteiger partial charge is 0.508 e. The highest BCUT2D eigenvalue weighted by Gasteiger charge is 2.09. The van der Waals surface area contributed by atoms with E-state index < -0.39 is 12.0 Å². The number of carbonyl (C=O) groups is 1. The fourth-order valence-electron chi connectivity index (χ4n) is 2.27. The monoisotopic (exact) mass is 387 g/mol. The minimum Gasteiger partial charge on any atom is -0.508 e. The van der Waals surface area contributed by atoms with E-state index in [1.165, 1.54) is 6.07 Å². The van der Waals surface area contributed by atoms with Crippen LogP contribution < -0.4 is 11.2 Å². The number of nitrogens with two attached hydrogens (primary N) is 1. The second-order valence-electron chi connectivity index (χ2n) is 5.75. The second kappa shape index (κ2) is 9.80. The number of phenolic OH excluding ortho intramolecular Hbond substituents is 1. The number of aromatic hydroxyl groups is 1. The molecule has 1 atom stereocenters. The standard InChI is InChI=1S/C15H10O3.C5H11NO2S/c16-11-5-3-4-10(8-11)15-9-13(17)12-6-1-2-7-14(12)18-15;1-9-3-2-4(6)5(7)8/h1-9,16H;4H,2-3,6H2,1H3,(H,7,8)/t;4-/m.0/s1.